The van der Waals surface area contributed by atoms with E-state index in [4.69, 9.17) is 0 Å². The van der Waals surface area contributed by atoms with Crippen molar-refractivity contribution in [2.45, 2.75) is 63.3 Å². The van der Waals surface area contributed by atoms with Crippen LogP contribution in [0, 0.1) is 24.7 Å². The van der Waals surface area contributed by atoms with Crippen molar-refractivity contribution >= 4 is 5.91 Å². The number of pyridine rings is 1. The van der Waals surface area contributed by atoms with Gasteiger partial charge in [0.15, 0.2) is 0 Å². The van der Waals surface area contributed by atoms with Crippen LogP contribution < -0.4 is 5.56 Å². The molecule has 6 heteroatoms. The first-order valence-corrected chi connectivity index (χ1v) is 13.5. The van der Waals surface area contributed by atoms with Crippen LogP contribution in [0.5, 0.6) is 5.75 Å². The molecule has 0 bridgehead atoms. The van der Waals surface area contributed by atoms with E-state index in [1.807, 2.05) is 23.1 Å². The summed E-state index contributed by atoms with van der Waals surface area (Å²) in [5.41, 5.74) is 4.56. The Bertz CT molecular complexity index is 1260. The van der Waals surface area contributed by atoms with Crippen molar-refractivity contribution in [3.05, 3.63) is 62.6 Å². The second kappa shape index (κ2) is 7.70. The van der Waals surface area contributed by atoms with Crippen molar-refractivity contribution in [3.8, 4) is 5.75 Å². The maximum absolute atomic E-state index is 13.1. The van der Waals surface area contributed by atoms with Gasteiger partial charge >= 0.3 is 0 Å². The van der Waals surface area contributed by atoms with Gasteiger partial charge in [0, 0.05) is 43.3 Å². The Kier molecular flexibility index (Phi) is 4.76. The van der Waals surface area contributed by atoms with E-state index >= 15 is 0 Å². The van der Waals surface area contributed by atoms with E-state index in [0.717, 1.165) is 62.4 Å². The molecule has 2 saturated heterocycles. The monoisotopic (exact) mass is 473 g/mol. The molecule has 3 aliphatic carbocycles. The van der Waals surface area contributed by atoms with Gasteiger partial charge in [-0.15, -0.1) is 0 Å². The number of aromatic hydroxyl groups is 1. The molecule has 184 valence electrons. The molecule has 1 aromatic carbocycles. The molecule has 0 spiro atoms. The molecule has 2 N–H and O–H groups in total. The predicted molar refractivity (Wildman–Crippen MR) is 134 cm³/mol. The average molecular weight is 474 g/mol. The van der Waals surface area contributed by atoms with Gasteiger partial charge < -0.3 is 15.0 Å². The summed E-state index contributed by atoms with van der Waals surface area (Å²) in [4.78, 5) is 34.0. The zero-order valence-corrected chi connectivity index (χ0v) is 20.6. The van der Waals surface area contributed by atoms with Gasteiger partial charge in [-0.3, -0.25) is 14.5 Å². The van der Waals surface area contributed by atoms with Crippen LogP contribution in [0.1, 0.15) is 64.8 Å². The van der Waals surface area contributed by atoms with Crippen LogP contribution in [0.3, 0.4) is 0 Å². The highest BCUT2D eigenvalue weighted by Crippen LogP contribution is 2.60. The lowest BCUT2D eigenvalue weighted by molar-refractivity contribution is 0.00552. The van der Waals surface area contributed by atoms with E-state index in [-0.39, 0.29) is 16.9 Å². The minimum Gasteiger partial charge on any atom is -0.508 e. The van der Waals surface area contributed by atoms with Crippen molar-refractivity contribution in [2.75, 3.05) is 26.2 Å². The summed E-state index contributed by atoms with van der Waals surface area (Å²) in [5.74, 6) is 2.15. The third-order valence-corrected chi connectivity index (χ3v) is 9.84. The number of likely N-dealkylation sites (tertiary alicyclic amines) is 2. The summed E-state index contributed by atoms with van der Waals surface area (Å²) in [6.45, 7) is 6.03. The average Bonchev–Trinajstić information content (AvgIpc) is 3.40. The number of nitrogens with zero attached hydrogens (tertiary/aromatic N) is 2. The zero-order chi connectivity index (χ0) is 23.9. The number of phenols is 1. The van der Waals surface area contributed by atoms with Crippen molar-refractivity contribution in [1.82, 2.24) is 14.8 Å². The van der Waals surface area contributed by atoms with E-state index in [9.17, 15) is 14.7 Å². The number of rotatable bonds is 4. The number of nitrogens with one attached hydrogen (secondary N) is 1. The van der Waals surface area contributed by atoms with Crippen LogP contribution in [0.15, 0.2) is 29.1 Å². The fourth-order valence-electron chi connectivity index (χ4n) is 8.06. The van der Waals surface area contributed by atoms with Gasteiger partial charge in [-0.25, -0.2) is 0 Å². The molecule has 4 fully saturated rings. The molecule has 3 heterocycles. The fraction of sp³-hybridized carbons (Fsp3) is 0.586. The number of phenolic OH excluding ortho intramolecular Hbond substituents is 1. The molecule has 2 aromatic rings. The summed E-state index contributed by atoms with van der Waals surface area (Å²) in [6, 6.07) is 8.27. The molecular formula is C29H35N3O3. The third kappa shape index (κ3) is 3.32. The highest BCUT2D eigenvalue weighted by molar-refractivity contribution is 5.94. The second-order valence-corrected chi connectivity index (χ2v) is 12.0. The molecule has 4 atom stereocenters. The highest BCUT2D eigenvalue weighted by Gasteiger charge is 2.62. The van der Waals surface area contributed by atoms with E-state index in [0.29, 0.717) is 29.2 Å². The van der Waals surface area contributed by atoms with Gasteiger partial charge in [0.1, 0.15) is 11.3 Å². The molecule has 6 nitrogen and oxygen atoms in total. The Morgan fingerprint density at radius 1 is 1.20 bits per heavy atom. The Hall–Kier alpha value is -2.60. The van der Waals surface area contributed by atoms with E-state index in [1.165, 1.54) is 37.1 Å². The van der Waals surface area contributed by atoms with Crippen LogP contribution in [0.4, 0.5) is 0 Å². The number of H-pyrrole nitrogens is 1. The number of hydrogen-bond acceptors (Lipinski definition) is 4. The first kappa shape index (κ1) is 21.7. The smallest absolute Gasteiger partial charge is 0.261 e. The number of carbonyl (C=O) groups excluding carboxylic acids is 1. The molecule has 7 rings (SSSR count). The first-order valence-electron chi connectivity index (χ1n) is 13.5. The molecule has 5 aliphatic rings. The molecule has 1 aromatic heterocycles. The van der Waals surface area contributed by atoms with Crippen LogP contribution >= 0.6 is 0 Å². The van der Waals surface area contributed by atoms with Gasteiger partial charge in [-0.05, 0) is 105 Å². The maximum atomic E-state index is 13.1. The van der Waals surface area contributed by atoms with Crippen LogP contribution in [-0.4, -0.2) is 58.0 Å². The first-order chi connectivity index (χ1) is 16.9. The topological polar surface area (TPSA) is 76.6 Å². The van der Waals surface area contributed by atoms with Crippen molar-refractivity contribution < 1.29 is 9.90 Å². The number of aryl methyl sites for hydroxylation is 1. The van der Waals surface area contributed by atoms with Crippen molar-refractivity contribution in [1.29, 1.82) is 0 Å². The number of fused-ring (bicyclic) bond motifs is 4. The summed E-state index contributed by atoms with van der Waals surface area (Å²) < 4.78 is 0. The molecule has 2 saturated carbocycles. The van der Waals surface area contributed by atoms with Crippen LogP contribution in [0.25, 0.3) is 0 Å². The number of aromatic amines is 1. The lowest BCUT2D eigenvalue weighted by atomic mass is 9.62. The van der Waals surface area contributed by atoms with Crippen LogP contribution in [0.2, 0.25) is 0 Å². The Morgan fingerprint density at radius 3 is 2.77 bits per heavy atom. The lowest BCUT2D eigenvalue weighted by Gasteiger charge is -2.49. The number of benzene rings is 1. The summed E-state index contributed by atoms with van der Waals surface area (Å²) in [5, 5.41) is 10.4. The van der Waals surface area contributed by atoms with Gasteiger partial charge in [0.05, 0.1) is 0 Å². The minimum atomic E-state index is -0.252. The van der Waals surface area contributed by atoms with Gasteiger partial charge in [0.25, 0.3) is 11.5 Å². The standard InChI is InChI=1S/C29H35N3O3/c1-17-4-7-21(33)12-23(17)29-13-20-16-32(15-18-5-6-18)26(20)24(29)11-19-10-22(27(34)30-25(19)14-29)28(35)31-8-2-3-9-31/h4,7,10,12,18,20,24,26,33H,2-3,5-6,8-9,11,13-16H2,1H3,(H,30,34)/t20?,24?,26-,29-/m1/s1. The normalized spacial score (nSPS) is 31.6. The van der Waals surface area contributed by atoms with Gasteiger partial charge in [-0.2, -0.15) is 0 Å². The Morgan fingerprint density at radius 2 is 2.00 bits per heavy atom. The maximum Gasteiger partial charge on any atom is 0.261 e. The molecule has 1 amide bonds. The second-order valence-electron chi connectivity index (χ2n) is 12.0. The summed E-state index contributed by atoms with van der Waals surface area (Å²) >= 11 is 0. The molecule has 2 unspecified atom stereocenters. The lowest BCUT2D eigenvalue weighted by Crippen LogP contribution is -2.58. The van der Waals surface area contributed by atoms with Crippen molar-refractivity contribution in [2.24, 2.45) is 17.8 Å². The summed E-state index contributed by atoms with van der Waals surface area (Å²) in [6.07, 6.45) is 7.51. The van der Waals surface area contributed by atoms with Gasteiger partial charge in [-0.1, -0.05) is 6.07 Å². The van der Waals surface area contributed by atoms with E-state index in [1.54, 1.807) is 6.07 Å². The van der Waals surface area contributed by atoms with E-state index in [2.05, 4.69) is 16.8 Å². The zero-order valence-electron chi connectivity index (χ0n) is 20.6. The fourth-order valence-corrected chi connectivity index (χ4v) is 8.06. The number of amides is 1. The molecule has 0 radical (unpaired) electrons. The van der Waals surface area contributed by atoms with Gasteiger partial charge in [0.2, 0.25) is 0 Å². The van der Waals surface area contributed by atoms with Crippen molar-refractivity contribution in [3.63, 3.8) is 0 Å². The predicted octanol–water partition coefficient (Wildman–Crippen LogP) is 3.39. The van der Waals surface area contributed by atoms with E-state index < -0.39 is 0 Å². The molecule has 35 heavy (non-hydrogen) atoms. The number of hydrogen-bond donors (Lipinski definition) is 2. The highest BCUT2D eigenvalue weighted by atomic mass is 16.3. The number of carbonyl (C=O) groups is 1. The van der Waals surface area contributed by atoms with Crippen LogP contribution in [-0.2, 0) is 18.3 Å². The quantitative estimate of drug-likeness (QED) is 0.714. The Labute approximate surface area is 206 Å². The SMILES string of the molecule is Cc1ccc(O)cc1[C@@]12Cc3[nH]c(=O)c(C(=O)N4CCCC4)cc3CC1[C@H]1C(CN1CC1CC1)C2. The molecular weight excluding hydrogens is 438 g/mol. The number of aromatic nitrogens is 1. The largest absolute Gasteiger partial charge is 0.508 e. The Balaban J connectivity index is 1.31. The molecule has 2 aliphatic heterocycles. The summed E-state index contributed by atoms with van der Waals surface area (Å²) in [7, 11) is 0. The third-order valence-electron chi connectivity index (χ3n) is 9.84. The minimum absolute atomic E-state index is 0.0904.